The minimum Gasteiger partial charge on any atom is -0.489 e. The molecule has 0 spiro atoms. The van der Waals surface area contributed by atoms with Crippen molar-refractivity contribution in [2.45, 2.75) is 50.8 Å². The Bertz CT molecular complexity index is 1160. The molecular formula is C29H30N2O. The summed E-state index contributed by atoms with van der Waals surface area (Å²) in [5.74, 6) is 0.896. The van der Waals surface area contributed by atoms with Crippen molar-refractivity contribution < 1.29 is 4.74 Å². The molecule has 0 saturated heterocycles. The molecule has 1 atom stereocenters. The molecule has 1 saturated carbocycles. The topological polar surface area (TPSA) is 34.1 Å². The summed E-state index contributed by atoms with van der Waals surface area (Å²) in [4.78, 5) is 4.16. The zero-order chi connectivity index (χ0) is 21.8. The molecule has 1 aliphatic carbocycles. The van der Waals surface area contributed by atoms with Crippen LogP contribution in [0.1, 0.15) is 55.3 Å². The normalized spacial score (nSPS) is 16.2. The fraction of sp³-hybridized carbons (Fsp3) is 0.276. The Morgan fingerprint density at radius 1 is 0.906 bits per heavy atom. The Hall–Kier alpha value is -3.17. The SMILES string of the molecule is C[C@@H](NC1(c2ccc(OCc3cccnc3)cc2)CCCC1)c1cccc2ccccc12. The summed E-state index contributed by atoms with van der Waals surface area (Å²) < 4.78 is 5.98. The van der Waals surface area contributed by atoms with E-state index in [0.29, 0.717) is 6.61 Å². The van der Waals surface area contributed by atoms with Crippen molar-refractivity contribution in [2.75, 3.05) is 0 Å². The van der Waals surface area contributed by atoms with Gasteiger partial charge in [0, 0.05) is 29.5 Å². The van der Waals surface area contributed by atoms with E-state index in [-0.39, 0.29) is 11.6 Å². The molecule has 4 aromatic rings. The first-order valence-electron chi connectivity index (χ1n) is 11.6. The van der Waals surface area contributed by atoms with Crippen LogP contribution in [0.25, 0.3) is 10.8 Å². The quantitative estimate of drug-likeness (QED) is 0.350. The number of hydrogen-bond donors (Lipinski definition) is 1. The lowest BCUT2D eigenvalue weighted by atomic mass is 9.86. The summed E-state index contributed by atoms with van der Waals surface area (Å²) in [6, 6.07) is 28.2. The summed E-state index contributed by atoms with van der Waals surface area (Å²) in [5, 5.41) is 6.68. The Morgan fingerprint density at radius 2 is 1.69 bits per heavy atom. The highest BCUT2D eigenvalue weighted by molar-refractivity contribution is 5.86. The number of benzene rings is 3. The lowest BCUT2D eigenvalue weighted by molar-refractivity contribution is 0.299. The number of pyridine rings is 1. The van der Waals surface area contributed by atoms with Gasteiger partial charge in [0.2, 0.25) is 0 Å². The first kappa shape index (κ1) is 20.7. The molecule has 1 N–H and O–H groups in total. The van der Waals surface area contributed by atoms with E-state index in [4.69, 9.17) is 4.74 Å². The van der Waals surface area contributed by atoms with E-state index in [0.717, 1.165) is 24.2 Å². The van der Waals surface area contributed by atoms with Gasteiger partial charge in [0.05, 0.1) is 0 Å². The standard InChI is InChI=1S/C29H30N2O/c1-22(27-12-6-10-24-9-2-3-11-28(24)27)31-29(17-4-5-18-29)25-13-15-26(16-14-25)32-21-23-8-7-19-30-20-23/h2-3,6-16,19-20,22,31H,4-5,17-18,21H2,1H3/t22-/m1/s1. The predicted octanol–water partition coefficient (Wildman–Crippen LogP) is 6.93. The lowest BCUT2D eigenvalue weighted by Crippen LogP contribution is -2.41. The number of rotatable bonds is 7. The Balaban J connectivity index is 1.35. The fourth-order valence-corrected chi connectivity index (χ4v) is 5.14. The van der Waals surface area contributed by atoms with Crippen LogP contribution in [-0.4, -0.2) is 4.98 Å². The van der Waals surface area contributed by atoms with Crippen LogP contribution >= 0.6 is 0 Å². The van der Waals surface area contributed by atoms with Gasteiger partial charge in [-0.15, -0.1) is 0 Å². The highest BCUT2D eigenvalue weighted by atomic mass is 16.5. The molecule has 3 heteroatoms. The molecule has 1 fully saturated rings. The fourth-order valence-electron chi connectivity index (χ4n) is 5.14. The van der Waals surface area contributed by atoms with E-state index in [1.807, 2.05) is 18.3 Å². The van der Waals surface area contributed by atoms with Gasteiger partial charge in [-0.05, 0) is 59.9 Å². The first-order valence-corrected chi connectivity index (χ1v) is 11.6. The maximum absolute atomic E-state index is 5.98. The van der Waals surface area contributed by atoms with Gasteiger partial charge in [-0.2, -0.15) is 0 Å². The van der Waals surface area contributed by atoms with Crippen LogP contribution in [0.2, 0.25) is 0 Å². The van der Waals surface area contributed by atoms with Crippen LogP contribution in [0.4, 0.5) is 0 Å². The van der Waals surface area contributed by atoms with Crippen LogP contribution in [-0.2, 0) is 12.1 Å². The maximum Gasteiger partial charge on any atom is 0.119 e. The second-order valence-corrected chi connectivity index (χ2v) is 8.90. The molecule has 32 heavy (non-hydrogen) atoms. The molecule has 1 aromatic heterocycles. The van der Waals surface area contributed by atoms with Gasteiger partial charge in [0.15, 0.2) is 0 Å². The van der Waals surface area contributed by atoms with E-state index in [1.165, 1.54) is 34.7 Å². The Kier molecular flexibility index (Phi) is 5.91. The van der Waals surface area contributed by atoms with E-state index in [9.17, 15) is 0 Å². The molecule has 0 bridgehead atoms. The van der Waals surface area contributed by atoms with E-state index >= 15 is 0 Å². The van der Waals surface area contributed by atoms with Crippen molar-refractivity contribution >= 4 is 10.8 Å². The third-order valence-corrected chi connectivity index (χ3v) is 6.77. The smallest absolute Gasteiger partial charge is 0.119 e. The van der Waals surface area contributed by atoms with Gasteiger partial charge < -0.3 is 10.1 Å². The molecule has 0 unspecified atom stereocenters. The van der Waals surface area contributed by atoms with Gasteiger partial charge in [-0.25, -0.2) is 0 Å². The van der Waals surface area contributed by atoms with Crippen molar-refractivity contribution in [1.29, 1.82) is 0 Å². The van der Waals surface area contributed by atoms with Gasteiger partial charge in [-0.1, -0.05) is 73.5 Å². The van der Waals surface area contributed by atoms with Crippen LogP contribution in [0, 0.1) is 0 Å². The molecule has 1 aliphatic rings. The van der Waals surface area contributed by atoms with Crippen molar-refractivity contribution in [3.8, 4) is 5.75 Å². The van der Waals surface area contributed by atoms with Crippen LogP contribution in [0.5, 0.6) is 5.75 Å². The highest BCUT2D eigenvalue weighted by Gasteiger charge is 2.36. The maximum atomic E-state index is 5.98. The first-order chi connectivity index (χ1) is 15.7. The zero-order valence-corrected chi connectivity index (χ0v) is 18.6. The Labute approximate surface area is 190 Å². The number of nitrogens with one attached hydrogen (secondary N) is 1. The van der Waals surface area contributed by atoms with Crippen molar-refractivity contribution in [1.82, 2.24) is 10.3 Å². The molecule has 0 aliphatic heterocycles. The average molecular weight is 423 g/mol. The molecule has 3 aromatic carbocycles. The monoisotopic (exact) mass is 422 g/mol. The van der Waals surface area contributed by atoms with E-state index in [1.54, 1.807) is 6.20 Å². The van der Waals surface area contributed by atoms with Gasteiger partial charge in [0.25, 0.3) is 0 Å². The summed E-state index contributed by atoms with van der Waals surface area (Å²) in [6.45, 7) is 2.84. The average Bonchev–Trinajstić information content (AvgIpc) is 3.33. The van der Waals surface area contributed by atoms with Crippen molar-refractivity contribution in [3.05, 3.63) is 108 Å². The van der Waals surface area contributed by atoms with Gasteiger partial charge in [-0.3, -0.25) is 4.98 Å². The van der Waals surface area contributed by atoms with Crippen LogP contribution in [0.3, 0.4) is 0 Å². The van der Waals surface area contributed by atoms with Crippen molar-refractivity contribution in [3.63, 3.8) is 0 Å². The zero-order valence-electron chi connectivity index (χ0n) is 18.6. The Morgan fingerprint density at radius 3 is 2.47 bits per heavy atom. The summed E-state index contributed by atoms with van der Waals surface area (Å²) >= 11 is 0. The second-order valence-electron chi connectivity index (χ2n) is 8.90. The lowest BCUT2D eigenvalue weighted by Gasteiger charge is -2.35. The van der Waals surface area contributed by atoms with Gasteiger partial charge in [0.1, 0.15) is 12.4 Å². The number of aromatic nitrogens is 1. The summed E-state index contributed by atoms with van der Waals surface area (Å²) in [6.07, 6.45) is 8.48. The summed E-state index contributed by atoms with van der Waals surface area (Å²) in [7, 11) is 0. The number of fused-ring (bicyclic) bond motifs is 1. The third kappa shape index (κ3) is 4.26. The number of hydrogen-bond acceptors (Lipinski definition) is 3. The number of nitrogens with zero attached hydrogens (tertiary/aromatic N) is 1. The van der Waals surface area contributed by atoms with E-state index in [2.05, 4.69) is 84.0 Å². The minimum atomic E-state index is 0.0121. The highest BCUT2D eigenvalue weighted by Crippen LogP contribution is 2.41. The molecule has 3 nitrogen and oxygen atoms in total. The third-order valence-electron chi connectivity index (χ3n) is 6.77. The second kappa shape index (κ2) is 9.13. The molecule has 1 heterocycles. The molecule has 0 amide bonds. The number of ether oxygens (including phenoxy) is 1. The largest absolute Gasteiger partial charge is 0.489 e. The molecule has 0 radical (unpaired) electrons. The molecule has 5 rings (SSSR count). The van der Waals surface area contributed by atoms with Crippen LogP contribution < -0.4 is 10.1 Å². The molecular weight excluding hydrogens is 392 g/mol. The summed E-state index contributed by atoms with van der Waals surface area (Å²) in [5.41, 5.74) is 3.81. The van der Waals surface area contributed by atoms with Crippen molar-refractivity contribution in [2.24, 2.45) is 0 Å². The van der Waals surface area contributed by atoms with Gasteiger partial charge >= 0.3 is 0 Å². The van der Waals surface area contributed by atoms with E-state index < -0.39 is 0 Å². The molecule has 162 valence electrons. The minimum absolute atomic E-state index is 0.0121. The van der Waals surface area contributed by atoms with Crippen LogP contribution in [0.15, 0.2) is 91.3 Å². The predicted molar refractivity (Wildman–Crippen MR) is 131 cm³/mol.